The van der Waals surface area contributed by atoms with Crippen LogP contribution >= 0.6 is 11.3 Å². The van der Waals surface area contributed by atoms with Gasteiger partial charge in [-0.1, -0.05) is 11.3 Å². The molecule has 1 aromatic heterocycles. The lowest BCUT2D eigenvalue weighted by molar-refractivity contribution is -0.384. The van der Waals surface area contributed by atoms with Crippen LogP contribution in [0.25, 0.3) is 10.2 Å². The maximum Gasteiger partial charge on any atom is 0.274 e. The molecule has 1 saturated heterocycles. The summed E-state index contributed by atoms with van der Waals surface area (Å²) in [6.45, 7) is 2.91. The Bertz CT molecular complexity index is 653. The maximum atomic E-state index is 10.8. The molecule has 1 atom stereocenters. The third-order valence-corrected chi connectivity index (χ3v) is 4.89. The van der Waals surface area contributed by atoms with Crippen molar-refractivity contribution in [2.24, 2.45) is 5.92 Å². The number of nitro groups is 1. The summed E-state index contributed by atoms with van der Waals surface area (Å²) in [5, 5.41) is 14.8. The highest BCUT2D eigenvalue weighted by molar-refractivity contribution is 7.20. The van der Waals surface area contributed by atoms with E-state index in [0.717, 1.165) is 30.1 Å². The van der Waals surface area contributed by atoms with Crippen LogP contribution in [0.1, 0.15) is 25.7 Å². The average Bonchev–Trinajstić information content (AvgIpc) is 2.94. The van der Waals surface area contributed by atoms with Gasteiger partial charge in [-0.3, -0.25) is 10.1 Å². The SMILES string of the molecule is O=[N+]([O-])c1ccc2sc(OCCC[C@@H]3CCCNC3)nc2c1. The highest BCUT2D eigenvalue weighted by Crippen LogP contribution is 2.30. The van der Waals surface area contributed by atoms with Crippen molar-refractivity contribution < 1.29 is 9.66 Å². The quantitative estimate of drug-likeness (QED) is 0.501. The van der Waals surface area contributed by atoms with Crippen LogP contribution in [0.4, 0.5) is 5.69 Å². The fraction of sp³-hybridized carbons (Fsp3) is 0.533. The Morgan fingerprint density at radius 1 is 1.50 bits per heavy atom. The van der Waals surface area contributed by atoms with E-state index < -0.39 is 4.92 Å². The van der Waals surface area contributed by atoms with E-state index in [0.29, 0.717) is 17.3 Å². The number of nitro benzene ring substituents is 1. The first kappa shape index (κ1) is 15.2. The predicted octanol–water partition coefficient (Wildman–Crippen LogP) is 3.36. The van der Waals surface area contributed by atoms with E-state index in [1.807, 2.05) is 0 Å². The Morgan fingerprint density at radius 2 is 2.41 bits per heavy atom. The van der Waals surface area contributed by atoms with E-state index in [4.69, 9.17) is 4.74 Å². The number of aromatic nitrogens is 1. The number of piperidine rings is 1. The Hall–Kier alpha value is -1.73. The number of ether oxygens (including phenoxy) is 1. The summed E-state index contributed by atoms with van der Waals surface area (Å²) < 4.78 is 6.61. The van der Waals surface area contributed by atoms with Crippen LogP contribution in [0, 0.1) is 16.0 Å². The molecule has 0 amide bonds. The molecular formula is C15H19N3O3S. The monoisotopic (exact) mass is 321 g/mol. The van der Waals surface area contributed by atoms with Crippen molar-refractivity contribution in [3.63, 3.8) is 0 Å². The first-order valence-electron chi connectivity index (χ1n) is 7.61. The summed E-state index contributed by atoms with van der Waals surface area (Å²) in [7, 11) is 0. The van der Waals surface area contributed by atoms with Gasteiger partial charge in [-0.05, 0) is 50.8 Å². The van der Waals surface area contributed by atoms with Gasteiger partial charge in [-0.25, -0.2) is 4.98 Å². The van der Waals surface area contributed by atoms with Crippen LogP contribution in [-0.2, 0) is 0 Å². The molecule has 22 heavy (non-hydrogen) atoms. The third kappa shape index (κ3) is 3.72. The molecule has 1 aliphatic heterocycles. The van der Waals surface area contributed by atoms with E-state index >= 15 is 0 Å². The van der Waals surface area contributed by atoms with Crippen molar-refractivity contribution in [1.82, 2.24) is 10.3 Å². The molecule has 1 N–H and O–H groups in total. The summed E-state index contributed by atoms with van der Waals surface area (Å²) in [4.78, 5) is 14.7. The molecule has 3 rings (SSSR count). The minimum absolute atomic E-state index is 0.0640. The van der Waals surface area contributed by atoms with Crippen LogP contribution in [-0.4, -0.2) is 29.6 Å². The van der Waals surface area contributed by atoms with E-state index in [9.17, 15) is 10.1 Å². The molecule has 1 aliphatic rings. The molecular weight excluding hydrogens is 302 g/mol. The van der Waals surface area contributed by atoms with Crippen molar-refractivity contribution in [3.8, 4) is 5.19 Å². The maximum absolute atomic E-state index is 10.8. The van der Waals surface area contributed by atoms with Crippen LogP contribution in [0.3, 0.4) is 0 Å². The van der Waals surface area contributed by atoms with Crippen LogP contribution in [0.15, 0.2) is 18.2 Å². The minimum Gasteiger partial charge on any atom is -0.470 e. The molecule has 0 aliphatic carbocycles. The molecule has 118 valence electrons. The molecule has 1 aromatic carbocycles. The molecule has 2 aromatic rings. The van der Waals surface area contributed by atoms with Gasteiger partial charge >= 0.3 is 0 Å². The smallest absolute Gasteiger partial charge is 0.274 e. The number of hydrogen-bond donors (Lipinski definition) is 1. The van der Waals surface area contributed by atoms with Crippen molar-refractivity contribution in [1.29, 1.82) is 0 Å². The molecule has 0 unspecified atom stereocenters. The molecule has 0 saturated carbocycles. The number of non-ortho nitro benzene ring substituents is 1. The van der Waals surface area contributed by atoms with Crippen molar-refractivity contribution in [2.75, 3.05) is 19.7 Å². The normalized spacial score (nSPS) is 18.5. The highest BCUT2D eigenvalue weighted by Gasteiger charge is 2.13. The fourth-order valence-corrected chi connectivity index (χ4v) is 3.59. The van der Waals surface area contributed by atoms with E-state index in [-0.39, 0.29) is 5.69 Å². The lowest BCUT2D eigenvalue weighted by Crippen LogP contribution is -2.29. The topological polar surface area (TPSA) is 77.3 Å². The lowest BCUT2D eigenvalue weighted by Gasteiger charge is -2.22. The number of fused-ring (bicyclic) bond motifs is 1. The Labute approximate surface area is 132 Å². The summed E-state index contributed by atoms with van der Waals surface area (Å²) >= 11 is 1.44. The zero-order chi connectivity index (χ0) is 15.4. The van der Waals surface area contributed by atoms with Gasteiger partial charge in [0.2, 0.25) is 0 Å². The van der Waals surface area contributed by atoms with Crippen molar-refractivity contribution in [2.45, 2.75) is 25.7 Å². The first-order chi connectivity index (χ1) is 10.7. The standard InChI is InChI=1S/C15H19N3O3S/c19-18(20)12-5-6-14-13(9-12)17-15(22-14)21-8-2-4-11-3-1-7-16-10-11/h5-6,9,11,16H,1-4,7-8,10H2/t11-/m0/s1. The third-order valence-electron chi connectivity index (χ3n) is 3.94. The second-order valence-electron chi connectivity index (χ2n) is 5.59. The zero-order valence-electron chi connectivity index (χ0n) is 12.3. The van der Waals surface area contributed by atoms with Gasteiger partial charge in [0.25, 0.3) is 10.9 Å². The van der Waals surface area contributed by atoms with Crippen LogP contribution in [0.5, 0.6) is 5.19 Å². The van der Waals surface area contributed by atoms with Gasteiger partial charge in [0, 0.05) is 12.1 Å². The Morgan fingerprint density at radius 3 is 3.18 bits per heavy atom. The fourth-order valence-electron chi connectivity index (χ4n) is 2.77. The number of thiazole rings is 1. The van der Waals surface area contributed by atoms with E-state index in [1.54, 1.807) is 6.07 Å². The van der Waals surface area contributed by atoms with Gasteiger partial charge < -0.3 is 10.1 Å². The summed E-state index contributed by atoms with van der Waals surface area (Å²) in [6.07, 6.45) is 4.76. The van der Waals surface area contributed by atoms with Gasteiger partial charge in [0.1, 0.15) is 0 Å². The largest absolute Gasteiger partial charge is 0.470 e. The first-order valence-corrected chi connectivity index (χ1v) is 8.42. The van der Waals surface area contributed by atoms with Crippen LogP contribution < -0.4 is 10.1 Å². The van der Waals surface area contributed by atoms with Gasteiger partial charge in [0.15, 0.2) is 0 Å². The van der Waals surface area contributed by atoms with Gasteiger partial charge in [0.05, 0.1) is 21.7 Å². The average molecular weight is 321 g/mol. The molecule has 6 nitrogen and oxygen atoms in total. The number of nitrogens with one attached hydrogen (secondary N) is 1. The Kier molecular flexibility index (Phi) is 4.84. The van der Waals surface area contributed by atoms with Crippen molar-refractivity contribution >= 4 is 27.2 Å². The molecule has 0 spiro atoms. The molecule has 0 radical (unpaired) electrons. The lowest BCUT2D eigenvalue weighted by atomic mass is 9.95. The van der Waals surface area contributed by atoms with E-state index in [1.165, 1.54) is 42.7 Å². The molecule has 1 fully saturated rings. The number of nitrogens with zero attached hydrogens (tertiary/aromatic N) is 2. The predicted molar refractivity (Wildman–Crippen MR) is 86.6 cm³/mol. The molecule has 0 bridgehead atoms. The Balaban J connectivity index is 1.52. The van der Waals surface area contributed by atoms with E-state index in [2.05, 4.69) is 10.3 Å². The second-order valence-corrected chi connectivity index (χ2v) is 6.59. The van der Waals surface area contributed by atoms with Crippen molar-refractivity contribution in [3.05, 3.63) is 28.3 Å². The summed E-state index contributed by atoms with van der Waals surface area (Å²) in [5.41, 5.74) is 0.694. The van der Waals surface area contributed by atoms with Crippen LogP contribution in [0.2, 0.25) is 0 Å². The number of hydrogen-bond acceptors (Lipinski definition) is 6. The van der Waals surface area contributed by atoms with Gasteiger partial charge in [-0.15, -0.1) is 0 Å². The number of rotatable bonds is 6. The summed E-state index contributed by atoms with van der Waals surface area (Å²) in [5.74, 6) is 0.760. The highest BCUT2D eigenvalue weighted by atomic mass is 32.1. The zero-order valence-corrected chi connectivity index (χ0v) is 13.1. The summed E-state index contributed by atoms with van der Waals surface area (Å²) in [6, 6.07) is 4.72. The minimum atomic E-state index is -0.405. The molecule has 2 heterocycles. The van der Waals surface area contributed by atoms with Gasteiger partial charge in [-0.2, -0.15) is 0 Å². The number of benzene rings is 1. The molecule has 7 heteroatoms. The second kappa shape index (κ2) is 7.02.